The van der Waals surface area contributed by atoms with E-state index in [9.17, 15) is 8.42 Å². The highest BCUT2D eigenvalue weighted by atomic mass is 32.2. The number of sulfonamides is 1. The highest BCUT2D eigenvalue weighted by molar-refractivity contribution is 7.92. The van der Waals surface area contributed by atoms with Crippen LogP contribution < -0.4 is 14.2 Å². The molecular weight excluding hydrogens is 314 g/mol. The van der Waals surface area contributed by atoms with Gasteiger partial charge in [0.05, 0.1) is 19.9 Å². The number of benzene rings is 2. The summed E-state index contributed by atoms with van der Waals surface area (Å²) in [5.74, 6) is 0.766. The van der Waals surface area contributed by atoms with Crippen LogP contribution in [0.4, 0.5) is 5.69 Å². The number of rotatable bonds is 5. The highest BCUT2D eigenvalue weighted by Crippen LogP contribution is 2.31. The Bertz CT molecular complexity index is 805. The molecule has 0 radical (unpaired) electrons. The molecule has 0 atom stereocenters. The van der Waals surface area contributed by atoms with E-state index in [1.165, 1.54) is 20.3 Å². The third-order valence-corrected chi connectivity index (χ3v) is 4.96. The van der Waals surface area contributed by atoms with Crippen LogP contribution in [0.5, 0.6) is 11.5 Å². The van der Waals surface area contributed by atoms with E-state index < -0.39 is 10.0 Å². The van der Waals surface area contributed by atoms with Crippen molar-refractivity contribution in [2.75, 3.05) is 18.9 Å². The third-order valence-electron chi connectivity index (χ3n) is 3.57. The van der Waals surface area contributed by atoms with Gasteiger partial charge in [0.25, 0.3) is 10.0 Å². The van der Waals surface area contributed by atoms with Crippen LogP contribution in [0.1, 0.15) is 16.7 Å². The Morgan fingerprint density at radius 2 is 1.52 bits per heavy atom. The lowest BCUT2D eigenvalue weighted by molar-refractivity contribution is 0.386. The number of ether oxygens (including phenoxy) is 2. The van der Waals surface area contributed by atoms with Gasteiger partial charge in [-0.2, -0.15) is 0 Å². The molecule has 0 aromatic heterocycles. The Balaban J connectivity index is 2.48. The van der Waals surface area contributed by atoms with Crippen molar-refractivity contribution in [3.05, 3.63) is 47.0 Å². The Labute approximate surface area is 137 Å². The first-order valence-electron chi connectivity index (χ1n) is 7.11. The first-order chi connectivity index (χ1) is 10.8. The van der Waals surface area contributed by atoms with Crippen LogP contribution in [0.2, 0.25) is 0 Å². The molecule has 124 valence electrons. The predicted molar refractivity (Wildman–Crippen MR) is 91.0 cm³/mol. The first-order valence-corrected chi connectivity index (χ1v) is 8.59. The van der Waals surface area contributed by atoms with E-state index in [1.807, 2.05) is 32.9 Å². The SMILES string of the molecule is COc1ccc(S(=O)(=O)Nc2c(C)cc(C)cc2C)c(OC)c1. The smallest absolute Gasteiger partial charge is 0.265 e. The van der Waals surface area contributed by atoms with Crippen molar-refractivity contribution in [3.63, 3.8) is 0 Å². The van der Waals surface area contributed by atoms with Gasteiger partial charge in [-0.15, -0.1) is 0 Å². The van der Waals surface area contributed by atoms with E-state index in [1.54, 1.807) is 12.1 Å². The molecule has 0 aliphatic heterocycles. The van der Waals surface area contributed by atoms with Gasteiger partial charge in [-0.3, -0.25) is 4.72 Å². The van der Waals surface area contributed by atoms with Crippen LogP contribution >= 0.6 is 0 Å². The summed E-state index contributed by atoms with van der Waals surface area (Å²) in [6.07, 6.45) is 0. The molecule has 23 heavy (non-hydrogen) atoms. The maximum absolute atomic E-state index is 12.7. The van der Waals surface area contributed by atoms with Gasteiger partial charge >= 0.3 is 0 Å². The summed E-state index contributed by atoms with van der Waals surface area (Å²) in [6.45, 7) is 5.73. The lowest BCUT2D eigenvalue weighted by Gasteiger charge is -2.16. The van der Waals surface area contributed by atoms with Crippen LogP contribution in [-0.2, 0) is 10.0 Å². The van der Waals surface area contributed by atoms with Gasteiger partial charge in [-0.05, 0) is 44.0 Å². The van der Waals surface area contributed by atoms with Gasteiger partial charge in [0.15, 0.2) is 0 Å². The molecule has 0 bridgehead atoms. The normalized spacial score (nSPS) is 11.2. The summed E-state index contributed by atoms with van der Waals surface area (Å²) in [5.41, 5.74) is 3.43. The maximum Gasteiger partial charge on any atom is 0.265 e. The standard InChI is InChI=1S/C17H21NO4S/c1-11-8-12(2)17(13(3)9-11)18-23(19,20)16-7-6-14(21-4)10-15(16)22-5/h6-10,18H,1-5H3. The van der Waals surface area contributed by atoms with Crippen molar-refractivity contribution >= 4 is 15.7 Å². The van der Waals surface area contributed by atoms with Gasteiger partial charge < -0.3 is 9.47 Å². The molecule has 6 heteroatoms. The molecule has 1 N–H and O–H groups in total. The van der Waals surface area contributed by atoms with E-state index in [-0.39, 0.29) is 10.6 Å². The quantitative estimate of drug-likeness (QED) is 0.909. The fraction of sp³-hybridized carbons (Fsp3) is 0.294. The second-order valence-electron chi connectivity index (χ2n) is 5.40. The molecule has 0 saturated heterocycles. The summed E-state index contributed by atoms with van der Waals surface area (Å²) in [5, 5.41) is 0. The molecular formula is C17H21NO4S. The number of hydrogen-bond donors (Lipinski definition) is 1. The molecule has 2 aromatic rings. The van der Waals surface area contributed by atoms with Crippen LogP contribution in [0.3, 0.4) is 0 Å². The molecule has 0 unspecified atom stereocenters. The van der Waals surface area contributed by atoms with Gasteiger partial charge in [0.1, 0.15) is 16.4 Å². The molecule has 0 fully saturated rings. The second kappa shape index (κ2) is 6.50. The van der Waals surface area contributed by atoms with E-state index >= 15 is 0 Å². The molecule has 5 nitrogen and oxygen atoms in total. The van der Waals surface area contributed by atoms with Crippen molar-refractivity contribution in [3.8, 4) is 11.5 Å². The van der Waals surface area contributed by atoms with Crippen molar-refractivity contribution in [2.45, 2.75) is 25.7 Å². The predicted octanol–water partition coefficient (Wildman–Crippen LogP) is 3.43. The van der Waals surface area contributed by atoms with Gasteiger partial charge in [0, 0.05) is 6.07 Å². The third kappa shape index (κ3) is 3.59. The van der Waals surface area contributed by atoms with Crippen molar-refractivity contribution in [2.24, 2.45) is 0 Å². The van der Waals surface area contributed by atoms with E-state index in [2.05, 4.69) is 4.72 Å². The van der Waals surface area contributed by atoms with E-state index in [0.717, 1.165) is 16.7 Å². The number of hydrogen-bond acceptors (Lipinski definition) is 4. The molecule has 2 rings (SSSR count). The van der Waals surface area contributed by atoms with E-state index in [4.69, 9.17) is 9.47 Å². The number of anilines is 1. The number of nitrogens with one attached hydrogen (secondary N) is 1. The van der Waals surface area contributed by atoms with Gasteiger partial charge in [0.2, 0.25) is 0 Å². The second-order valence-corrected chi connectivity index (χ2v) is 7.05. The molecule has 0 amide bonds. The Morgan fingerprint density at radius 1 is 0.913 bits per heavy atom. The largest absolute Gasteiger partial charge is 0.497 e. The zero-order valence-electron chi connectivity index (χ0n) is 13.9. The van der Waals surface area contributed by atoms with Crippen molar-refractivity contribution in [1.82, 2.24) is 0 Å². The highest BCUT2D eigenvalue weighted by Gasteiger charge is 2.21. The average Bonchev–Trinajstić information content (AvgIpc) is 2.50. The van der Waals surface area contributed by atoms with Crippen LogP contribution in [0.25, 0.3) is 0 Å². The molecule has 2 aromatic carbocycles. The minimum atomic E-state index is -3.77. The van der Waals surface area contributed by atoms with Gasteiger partial charge in [-0.25, -0.2) is 8.42 Å². The molecule has 0 saturated carbocycles. The minimum Gasteiger partial charge on any atom is -0.497 e. The fourth-order valence-electron chi connectivity index (χ4n) is 2.53. The van der Waals surface area contributed by atoms with Crippen molar-refractivity contribution in [1.29, 1.82) is 0 Å². The van der Waals surface area contributed by atoms with Crippen molar-refractivity contribution < 1.29 is 17.9 Å². The zero-order chi connectivity index (χ0) is 17.2. The Kier molecular flexibility index (Phi) is 4.85. The molecule has 0 aliphatic carbocycles. The topological polar surface area (TPSA) is 64.6 Å². The monoisotopic (exact) mass is 335 g/mol. The zero-order valence-corrected chi connectivity index (χ0v) is 14.7. The average molecular weight is 335 g/mol. The van der Waals surface area contributed by atoms with Crippen LogP contribution in [-0.4, -0.2) is 22.6 Å². The van der Waals surface area contributed by atoms with Crippen LogP contribution in [0, 0.1) is 20.8 Å². The minimum absolute atomic E-state index is 0.0696. The first kappa shape index (κ1) is 17.1. The number of methoxy groups -OCH3 is 2. The fourth-order valence-corrected chi connectivity index (χ4v) is 3.88. The summed E-state index contributed by atoms with van der Waals surface area (Å²) >= 11 is 0. The number of aryl methyl sites for hydroxylation is 3. The lowest BCUT2D eigenvalue weighted by atomic mass is 10.1. The van der Waals surface area contributed by atoms with Gasteiger partial charge in [-0.1, -0.05) is 17.7 Å². The molecule has 0 spiro atoms. The summed E-state index contributed by atoms with van der Waals surface area (Å²) in [6, 6.07) is 8.49. The summed E-state index contributed by atoms with van der Waals surface area (Å²) in [7, 11) is -0.829. The van der Waals surface area contributed by atoms with E-state index in [0.29, 0.717) is 11.4 Å². The van der Waals surface area contributed by atoms with Crippen LogP contribution in [0.15, 0.2) is 35.2 Å². The Hall–Kier alpha value is -2.21. The summed E-state index contributed by atoms with van der Waals surface area (Å²) in [4.78, 5) is 0.0696. The molecule has 0 heterocycles. The molecule has 0 aliphatic rings. The Morgan fingerprint density at radius 3 is 2.04 bits per heavy atom. The summed E-state index contributed by atoms with van der Waals surface area (Å²) < 4.78 is 38.4. The lowest BCUT2D eigenvalue weighted by Crippen LogP contribution is -2.16. The maximum atomic E-state index is 12.7.